The van der Waals surface area contributed by atoms with Gasteiger partial charge in [-0.1, -0.05) is 25.6 Å². The van der Waals surface area contributed by atoms with Gasteiger partial charge in [0.1, 0.15) is 5.82 Å². The molecule has 17 heavy (non-hydrogen) atoms. The molecule has 0 fully saturated rings. The zero-order valence-electron chi connectivity index (χ0n) is 10.2. The molecule has 96 valence electrons. The monoisotopic (exact) mass is 257 g/mol. The number of rotatable bonds is 7. The molecule has 0 saturated carbocycles. The van der Waals surface area contributed by atoms with Crippen molar-refractivity contribution in [3.05, 3.63) is 5.82 Å². The molecule has 0 aliphatic carbocycles. The minimum absolute atomic E-state index is 0.263. The molecule has 0 saturated heterocycles. The summed E-state index contributed by atoms with van der Waals surface area (Å²) in [5.41, 5.74) is 10.9. The third-order valence-electron chi connectivity index (χ3n) is 2.36. The smallest absolute Gasteiger partial charge is 0.231 e. The van der Waals surface area contributed by atoms with Crippen molar-refractivity contribution in [2.24, 2.45) is 11.5 Å². The van der Waals surface area contributed by atoms with Crippen molar-refractivity contribution in [3.8, 4) is 0 Å². The number of nitrogens with zero attached hydrogens (tertiary/aromatic N) is 3. The van der Waals surface area contributed by atoms with Gasteiger partial charge in [0, 0.05) is 6.54 Å². The van der Waals surface area contributed by atoms with Gasteiger partial charge in [0.05, 0.1) is 11.8 Å². The Balaban J connectivity index is 2.89. The molecule has 1 unspecified atom stereocenters. The number of thioether (sulfide) groups is 1. The third kappa shape index (κ3) is 3.44. The summed E-state index contributed by atoms with van der Waals surface area (Å²) in [6.07, 6.45) is 1.64. The summed E-state index contributed by atoms with van der Waals surface area (Å²) in [4.78, 5) is 11.2. The van der Waals surface area contributed by atoms with Gasteiger partial charge in [0.15, 0.2) is 5.16 Å². The molecule has 1 aromatic rings. The second-order valence-corrected chi connectivity index (χ2v) is 4.84. The van der Waals surface area contributed by atoms with Crippen molar-refractivity contribution in [3.63, 3.8) is 0 Å². The van der Waals surface area contributed by atoms with Crippen LogP contribution in [-0.4, -0.2) is 25.9 Å². The Kier molecular flexibility index (Phi) is 5.43. The average Bonchev–Trinajstić information content (AvgIpc) is 2.68. The number of primary amides is 1. The van der Waals surface area contributed by atoms with E-state index in [2.05, 4.69) is 17.1 Å². The Hall–Kier alpha value is -1.08. The van der Waals surface area contributed by atoms with Gasteiger partial charge in [-0.3, -0.25) is 4.79 Å². The number of carbonyl (C=O) groups excluding carboxylic acids is 1. The van der Waals surface area contributed by atoms with Crippen molar-refractivity contribution >= 4 is 17.7 Å². The van der Waals surface area contributed by atoms with Crippen molar-refractivity contribution in [2.45, 2.75) is 50.2 Å². The number of carbonyl (C=O) groups is 1. The first-order valence-corrected chi connectivity index (χ1v) is 6.60. The highest BCUT2D eigenvalue weighted by molar-refractivity contribution is 8.00. The molecule has 0 radical (unpaired) electrons. The maximum absolute atomic E-state index is 11.2. The first kappa shape index (κ1) is 14.0. The zero-order chi connectivity index (χ0) is 12.8. The summed E-state index contributed by atoms with van der Waals surface area (Å²) in [5, 5.41) is 8.54. The summed E-state index contributed by atoms with van der Waals surface area (Å²) in [6, 6.07) is 0. The van der Waals surface area contributed by atoms with Crippen LogP contribution in [0.25, 0.3) is 0 Å². The molecule has 1 atom stereocenters. The van der Waals surface area contributed by atoms with E-state index in [4.69, 9.17) is 11.5 Å². The summed E-state index contributed by atoms with van der Waals surface area (Å²) < 4.78 is 1.95. The van der Waals surface area contributed by atoms with Crippen LogP contribution in [0.4, 0.5) is 0 Å². The first-order chi connectivity index (χ1) is 8.13. The third-order valence-corrected chi connectivity index (χ3v) is 3.72. The van der Waals surface area contributed by atoms with E-state index in [1.165, 1.54) is 11.8 Å². The van der Waals surface area contributed by atoms with Gasteiger partial charge in [-0.05, 0) is 12.8 Å². The van der Waals surface area contributed by atoms with Gasteiger partial charge in [-0.25, -0.2) is 0 Å². The van der Waals surface area contributed by atoms with Crippen LogP contribution in [0.3, 0.4) is 0 Å². The summed E-state index contributed by atoms with van der Waals surface area (Å²) >= 11 is 1.36. The van der Waals surface area contributed by atoms with Gasteiger partial charge < -0.3 is 16.0 Å². The number of aromatic nitrogens is 3. The fourth-order valence-corrected chi connectivity index (χ4v) is 2.42. The largest absolute Gasteiger partial charge is 0.369 e. The van der Waals surface area contributed by atoms with Crippen molar-refractivity contribution in [1.82, 2.24) is 14.8 Å². The Morgan fingerprint density at radius 3 is 2.65 bits per heavy atom. The van der Waals surface area contributed by atoms with Gasteiger partial charge in [0.2, 0.25) is 5.91 Å². The Labute approximate surface area is 105 Å². The molecule has 0 aliphatic heterocycles. The SMILES string of the molecule is CCCn1c(CN)nnc1SC(CC)C(N)=O. The normalized spacial score (nSPS) is 12.6. The van der Waals surface area contributed by atoms with E-state index in [-0.39, 0.29) is 11.2 Å². The molecule has 0 bridgehead atoms. The number of hydrogen-bond acceptors (Lipinski definition) is 5. The number of nitrogens with two attached hydrogens (primary N) is 2. The van der Waals surface area contributed by atoms with E-state index in [0.717, 1.165) is 23.9 Å². The lowest BCUT2D eigenvalue weighted by Gasteiger charge is -2.11. The van der Waals surface area contributed by atoms with Crippen LogP contribution in [0.2, 0.25) is 0 Å². The fourth-order valence-electron chi connectivity index (χ4n) is 1.48. The minimum atomic E-state index is -0.321. The van der Waals surface area contributed by atoms with Gasteiger partial charge >= 0.3 is 0 Å². The van der Waals surface area contributed by atoms with Gasteiger partial charge in [0.25, 0.3) is 0 Å². The van der Waals surface area contributed by atoms with E-state index < -0.39 is 0 Å². The van der Waals surface area contributed by atoms with Crippen molar-refractivity contribution < 1.29 is 4.79 Å². The van der Waals surface area contributed by atoms with E-state index in [9.17, 15) is 4.79 Å². The lowest BCUT2D eigenvalue weighted by atomic mass is 10.3. The molecular formula is C10H19N5OS. The first-order valence-electron chi connectivity index (χ1n) is 5.72. The fraction of sp³-hybridized carbons (Fsp3) is 0.700. The summed E-state index contributed by atoms with van der Waals surface area (Å²) in [5.74, 6) is 0.423. The van der Waals surface area contributed by atoms with Crippen LogP contribution in [0.1, 0.15) is 32.5 Å². The van der Waals surface area contributed by atoms with Crippen LogP contribution in [0, 0.1) is 0 Å². The molecule has 6 nitrogen and oxygen atoms in total. The maximum Gasteiger partial charge on any atom is 0.231 e. The lowest BCUT2D eigenvalue weighted by molar-refractivity contribution is -0.117. The van der Waals surface area contributed by atoms with E-state index >= 15 is 0 Å². The second-order valence-electron chi connectivity index (χ2n) is 3.67. The zero-order valence-corrected chi connectivity index (χ0v) is 11.0. The molecule has 0 aromatic carbocycles. The Bertz CT molecular complexity index is 379. The minimum Gasteiger partial charge on any atom is -0.369 e. The molecule has 0 spiro atoms. The predicted molar refractivity (Wildman–Crippen MR) is 67.3 cm³/mol. The van der Waals surface area contributed by atoms with Crippen LogP contribution >= 0.6 is 11.8 Å². The van der Waals surface area contributed by atoms with E-state index in [1.807, 2.05) is 11.5 Å². The van der Waals surface area contributed by atoms with E-state index in [1.54, 1.807) is 0 Å². The number of amides is 1. The van der Waals surface area contributed by atoms with Gasteiger partial charge in [-0.2, -0.15) is 0 Å². The Morgan fingerprint density at radius 2 is 2.18 bits per heavy atom. The summed E-state index contributed by atoms with van der Waals surface area (Å²) in [7, 11) is 0. The maximum atomic E-state index is 11.2. The van der Waals surface area contributed by atoms with Gasteiger partial charge in [-0.15, -0.1) is 10.2 Å². The van der Waals surface area contributed by atoms with E-state index in [0.29, 0.717) is 13.0 Å². The standard InChI is InChI=1S/C10H19N5OS/c1-3-5-15-8(6-11)13-14-10(15)17-7(4-2)9(12)16/h7H,3-6,11H2,1-2H3,(H2,12,16). The average molecular weight is 257 g/mol. The molecule has 4 N–H and O–H groups in total. The molecule has 1 rings (SSSR count). The molecule has 1 amide bonds. The van der Waals surface area contributed by atoms with Crippen LogP contribution in [-0.2, 0) is 17.9 Å². The molecule has 1 heterocycles. The van der Waals surface area contributed by atoms with Crippen LogP contribution in [0.15, 0.2) is 5.16 Å². The highest BCUT2D eigenvalue weighted by Crippen LogP contribution is 2.24. The van der Waals surface area contributed by atoms with Crippen molar-refractivity contribution in [2.75, 3.05) is 0 Å². The molecule has 7 heteroatoms. The van der Waals surface area contributed by atoms with Crippen LogP contribution < -0.4 is 11.5 Å². The molecule has 0 aliphatic rings. The summed E-state index contributed by atoms with van der Waals surface area (Å²) in [6.45, 7) is 5.14. The molecular weight excluding hydrogens is 238 g/mol. The lowest BCUT2D eigenvalue weighted by Crippen LogP contribution is -2.25. The van der Waals surface area contributed by atoms with Crippen molar-refractivity contribution in [1.29, 1.82) is 0 Å². The highest BCUT2D eigenvalue weighted by atomic mass is 32.2. The highest BCUT2D eigenvalue weighted by Gasteiger charge is 2.19. The predicted octanol–water partition coefficient (Wildman–Crippen LogP) is 0.503. The molecule has 1 aromatic heterocycles. The quantitative estimate of drug-likeness (QED) is 0.693. The van der Waals surface area contributed by atoms with Crippen LogP contribution in [0.5, 0.6) is 0 Å². The topological polar surface area (TPSA) is 99.8 Å². The Morgan fingerprint density at radius 1 is 1.47 bits per heavy atom. The second kappa shape index (κ2) is 6.61. The number of hydrogen-bond donors (Lipinski definition) is 2.